The number of rotatable bonds is 1. The van der Waals surface area contributed by atoms with E-state index in [1.54, 1.807) is 6.33 Å². The monoisotopic (exact) mass is 238 g/mol. The lowest BCUT2D eigenvalue weighted by molar-refractivity contribution is 0.138. The second-order valence-electron chi connectivity index (χ2n) is 4.05. The van der Waals surface area contributed by atoms with E-state index >= 15 is 0 Å². The van der Waals surface area contributed by atoms with E-state index in [-0.39, 0.29) is 12.1 Å². The summed E-state index contributed by atoms with van der Waals surface area (Å²) in [6.07, 6.45) is 5.61. The summed E-state index contributed by atoms with van der Waals surface area (Å²) in [4.78, 5) is 12.2. The molecule has 2 heterocycles. The summed E-state index contributed by atoms with van der Waals surface area (Å²) in [5, 5.41) is 10.2. The summed E-state index contributed by atoms with van der Waals surface area (Å²) >= 11 is 5.92. The van der Waals surface area contributed by atoms with E-state index < -0.39 is 0 Å². The van der Waals surface area contributed by atoms with Crippen molar-refractivity contribution in [1.82, 2.24) is 19.5 Å². The van der Waals surface area contributed by atoms with Gasteiger partial charge >= 0.3 is 0 Å². The number of halogens is 1. The Hall–Kier alpha value is -1.20. The summed E-state index contributed by atoms with van der Waals surface area (Å²) in [6, 6.07) is 0.0657. The van der Waals surface area contributed by atoms with E-state index in [4.69, 9.17) is 11.6 Å². The normalized spacial score (nSPS) is 25.4. The van der Waals surface area contributed by atoms with Gasteiger partial charge in [0.2, 0.25) is 0 Å². The van der Waals surface area contributed by atoms with Gasteiger partial charge in [0.15, 0.2) is 10.8 Å². The van der Waals surface area contributed by atoms with Crippen molar-refractivity contribution in [3.63, 3.8) is 0 Å². The molecule has 84 valence electrons. The first kappa shape index (κ1) is 9.99. The van der Waals surface area contributed by atoms with Gasteiger partial charge in [-0.15, -0.1) is 0 Å². The molecule has 2 aromatic heterocycles. The lowest BCUT2D eigenvalue weighted by Gasteiger charge is -2.16. The van der Waals surface area contributed by atoms with Crippen molar-refractivity contribution in [3.8, 4) is 0 Å². The predicted octanol–water partition coefficient (Wildman–Crippen LogP) is 1.57. The Morgan fingerprint density at radius 1 is 1.31 bits per heavy atom. The fourth-order valence-electron chi connectivity index (χ4n) is 2.31. The minimum atomic E-state index is -0.314. The number of hydrogen-bond donors (Lipinski definition) is 1. The first-order chi connectivity index (χ1) is 7.77. The third-order valence-corrected chi connectivity index (χ3v) is 3.39. The number of imidazole rings is 1. The van der Waals surface area contributed by atoms with Gasteiger partial charge in [-0.05, 0) is 19.3 Å². The average Bonchev–Trinajstić information content (AvgIpc) is 2.84. The Morgan fingerprint density at radius 2 is 2.19 bits per heavy atom. The smallest absolute Gasteiger partial charge is 0.165 e. The topological polar surface area (TPSA) is 63.8 Å². The third-order valence-electron chi connectivity index (χ3n) is 3.12. The first-order valence-electron chi connectivity index (χ1n) is 5.28. The van der Waals surface area contributed by atoms with E-state index in [0.29, 0.717) is 16.3 Å². The molecule has 0 radical (unpaired) electrons. The standard InChI is InChI=1S/C10H11ClN4O/c11-9-8-10(13-4-12-9)15(5-14-8)6-2-1-3-7(6)16/h4-7,16H,1-3H2/t6-,7-/m0/s1. The minimum absolute atomic E-state index is 0.0657. The highest BCUT2D eigenvalue weighted by Crippen LogP contribution is 2.32. The van der Waals surface area contributed by atoms with Gasteiger partial charge in [-0.1, -0.05) is 11.6 Å². The summed E-state index contributed by atoms with van der Waals surface area (Å²) in [6.45, 7) is 0. The van der Waals surface area contributed by atoms with E-state index in [1.807, 2.05) is 4.57 Å². The van der Waals surface area contributed by atoms with Crippen molar-refractivity contribution >= 4 is 22.8 Å². The summed E-state index contributed by atoms with van der Waals surface area (Å²) in [7, 11) is 0. The van der Waals surface area contributed by atoms with Gasteiger partial charge in [-0.25, -0.2) is 15.0 Å². The number of fused-ring (bicyclic) bond motifs is 1. The molecular formula is C10H11ClN4O. The second-order valence-corrected chi connectivity index (χ2v) is 4.41. The Bertz CT molecular complexity index is 527. The molecule has 1 fully saturated rings. The molecule has 0 amide bonds. The van der Waals surface area contributed by atoms with E-state index in [1.165, 1.54) is 6.33 Å². The molecule has 0 aromatic carbocycles. The van der Waals surface area contributed by atoms with Crippen LogP contribution < -0.4 is 0 Å². The Morgan fingerprint density at radius 3 is 2.94 bits per heavy atom. The zero-order valence-corrected chi connectivity index (χ0v) is 9.30. The van der Waals surface area contributed by atoms with Crippen LogP contribution in [0.4, 0.5) is 0 Å². The highest BCUT2D eigenvalue weighted by Gasteiger charge is 2.28. The van der Waals surface area contributed by atoms with Crippen LogP contribution >= 0.6 is 11.6 Å². The van der Waals surface area contributed by atoms with Gasteiger partial charge < -0.3 is 9.67 Å². The lowest BCUT2D eigenvalue weighted by Crippen LogP contribution is -2.17. The van der Waals surface area contributed by atoms with Gasteiger partial charge in [-0.3, -0.25) is 0 Å². The summed E-state index contributed by atoms with van der Waals surface area (Å²) in [5.74, 6) is 0. The molecule has 1 aliphatic rings. The molecular weight excluding hydrogens is 228 g/mol. The molecule has 2 atom stereocenters. The molecule has 1 N–H and O–H groups in total. The van der Waals surface area contributed by atoms with Crippen molar-refractivity contribution in [2.24, 2.45) is 0 Å². The number of aromatic nitrogens is 4. The fraction of sp³-hybridized carbons (Fsp3) is 0.500. The Balaban J connectivity index is 2.14. The van der Waals surface area contributed by atoms with Crippen LogP contribution in [0.2, 0.25) is 5.15 Å². The third kappa shape index (κ3) is 1.39. The van der Waals surface area contributed by atoms with Gasteiger partial charge in [0.1, 0.15) is 11.8 Å². The number of nitrogens with zero attached hydrogens (tertiary/aromatic N) is 4. The van der Waals surface area contributed by atoms with Gasteiger partial charge in [-0.2, -0.15) is 0 Å². The van der Waals surface area contributed by atoms with Gasteiger partial charge in [0.25, 0.3) is 0 Å². The van der Waals surface area contributed by atoms with Crippen LogP contribution in [-0.4, -0.2) is 30.7 Å². The van der Waals surface area contributed by atoms with Crippen molar-refractivity contribution in [2.75, 3.05) is 0 Å². The minimum Gasteiger partial charge on any atom is -0.391 e. The van der Waals surface area contributed by atoms with E-state index in [2.05, 4.69) is 15.0 Å². The summed E-state index contributed by atoms with van der Waals surface area (Å²) in [5.41, 5.74) is 1.30. The Labute approximate surface area is 97.1 Å². The molecule has 0 aliphatic heterocycles. The highest BCUT2D eigenvalue weighted by molar-refractivity contribution is 6.33. The molecule has 6 heteroatoms. The maximum atomic E-state index is 9.86. The van der Waals surface area contributed by atoms with E-state index in [9.17, 15) is 5.11 Å². The molecule has 5 nitrogen and oxygen atoms in total. The van der Waals surface area contributed by atoms with Gasteiger partial charge in [0.05, 0.1) is 18.5 Å². The van der Waals surface area contributed by atoms with Crippen molar-refractivity contribution in [3.05, 3.63) is 17.8 Å². The van der Waals surface area contributed by atoms with Crippen LogP contribution in [0.15, 0.2) is 12.7 Å². The van der Waals surface area contributed by atoms with Crippen LogP contribution in [0, 0.1) is 0 Å². The molecule has 0 spiro atoms. The van der Waals surface area contributed by atoms with E-state index in [0.717, 1.165) is 19.3 Å². The molecule has 0 saturated heterocycles. The van der Waals surface area contributed by atoms with Crippen LogP contribution in [0.5, 0.6) is 0 Å². The molecule has 3 rings (SSSR count). The number of aliphatic hydroxyl groups is 1. The fourth-order valence-corrected chi connectivity index (χ4v) is 2.49. The van der Waals surface area contributed by atoms with Crippen molar-refractivity contribution in [2.45, 2.75) is 31.4 Å². The molecule has 0 unspecified atom stereocenters. The average molecular weight is 239 g/mol. The zero-order chi connectivity index (χ0) is 11.1. The largest absolute Gasteiger partial charge is 0.391 e. The predicted molar refractivity (Wildman–Crippen MR) is 59.2 cm³/mol. The highest BCUT2D eigenvalue weighted by atomic mass is 35.5. The molecule has 1 aliphatic carbocycles. The van der Waals surface area contributed by atoms with Crippen molar-refractivity contribution < 1.29 is 5.11 Å². The second kappa shape index (κ2) is 3.68. The maximum absolute atomic E-state index is 9.86. The SMILES string of the molecule is O[C@H]1CCC[C@@H]1n1cnc2c(Cl)ncnc21. The Kier molecular flexibility index (Phi) is 2.29. The zero-order valence-electron chi connectivity index (χ0n) is 8.54. The van der Waals surface area contributed by atoms with Crippen LogP contribution in [-0.2, 0) is 0 Å². The molecule has 16 heavy (non-hydrogen) atoms. The molecule has 2 aromatic rings. The van der Waals surface area contributed by atoms with Gasteiger partial charge in [0, 0.05) is 0 Å². The number of hydrogen-bond acceptors (Lipinski definition) is 4. The van der Waals surface area contributed by atoms with Crippen LogP contribution in [0.1, 0.15) is 25.3 Å². The van der Waals surface area contributed by atoms with Crippen LogP contribution in [0.3, 0.4) is 0 Å². The quantitative estimate of drug-likeness (QED) is 0.766. The van der Waals surface area contributed by atoms with Crippen molar-refractivity contribution in [1.29, 1.82) is 0 Å². The molecule has 0 bridgehead atoms. The summed E-state index contributed by atoms with van der Waals surface area (Å²) < 4.78 is 1.90. The molecule has 1 saturated carbocycles. The number of aliphatic hydroxyl groups excluding tert-OH is 1. The maximum Gasteiger partial charge on any atom is 0.165 e. The van der Waals surface area contributed by atoms with Crippen LogP contribution in [0.25, 0.3) is 11.2 Å². The lowest BCUT2D eigenvalue weighted by atomic mass is 10.2. The first-order valence-corrected chi connectivity index (χ1v) is 5.66.